The van der Waals surface area contributed by atoms with Crippen molar-refractivity contribution < 1.29 is 0 Å². The van der Waals surface area contributed by atoms with Crippen LogP contribution >= 0.6 is 0 Å². The summed E-state index contributed by atoms with van der Waals surface area (Å²) >= 11 is 0. The lowest BCUT2D eigenvalue weighted by molar-refractivity contribution is 0.422. The lowest BCUT2D eigenvalue weighted by atomic mass is 10.1. The molecule has 1 heteroatoms. The maximum Gasteiger partial charge on any atom is 0.0260 e. The minimum absolute atomic E-state index is 0.674. The highest BCUT2D eigenvalue weighted by Crippen LogP contribution is 1.99. The van der Waals surface area contributed by atoms with Crippen LogP contribution < -0.4 is 0 Å². The molecule has 0 aliphatic rings. The molecule has 0 saturated carbocycles. The molecule has 0 unspecified atom stereocenters. The summed E-state index contributed by atoms with van der Waals surface area (Å²) in [6.07, 6.45) is 1.12. The molecule has 22 heavy (non-hydrogen) atoms. The summed E-state index contributed by atoms with van der Waals surface area (Å²) in [7, 11) is 1.95. The first-order valence-corrected chi connectivity index (χ1v) is 6.80. The fraction of sp³-hybridized carbons (Fsp3) is 0.333. The Labute approximate surface area is 135 Å². The van der Waals surface area contributed by atoms with Crippen LogP contribution in [0.5, 0.6) is 0 Å². The van der Waals surface area contributed by atoms with Gasteiger partial charge in [-0.2, -0.15) is 0 Å². The standard InChI is InChI=1S/C21H17N/c1-5-6-7-8-9-10-11-12-13-14-15-16-17-19-22(4)20-18-21(2)3/h21H,18,20H2,1-4H3. The van der Waals surface area contributed by atoms with Crippen LogP contribution in [0.2, 0.25) is 0 Å². The van der Waals surface area contributed by atoms with E-state index in [1.165, 1.54) is 0 Å². The highest BCUT2D eigenvalue weighted by Gasteiger charge is 1.94. The Morgan fingerprint density at radius 3 is 1.50 bits per heavy atom. The molecule has 106 valence electrons. The molecule has 0 saturated heterocycles. The predicted octanol–water partition coefficient (Wildman–Crippen LogP) is 1.97. The first-order valence-electron chi connectivity index (χ1n) is 6.80. The molecule has 0 aromatic heterocycles. The molecular weight excluding hydrogens is 266 g/mol. The van der Waals surface area contributed by atoms with Crippen LogP contribution in [-0.2, 0) is 0 Å². The Morgan fingerprint density at radius 1 is 0.682 bits per heavy atom. The van der Waals surface area contributed by atoms with Gasteiger partial charge in [0.1, 0.15) is 0 Å². The van der Waals surface area contributed by atoms with Crippen molar-refractivity contribution in [3.63, 3.8) is 0 Å². The zero-order valence-corrected chi connectivity index (χ0v) is 13.4. The zero-order valence-electron chi connectivity index (χ0n) is 13.4. The maximum absolute atomic E-state index is 2.93. The van der Waals surface area contributed by atoms with E-state index in [1.54, 1.807) is 6.92 Å². The van der Waals surface area contributed by atoms with Crippen LogP contribution in [0.3, 0.4) is 0 Å². The van der Waals surface area contributed by atoms with Crippen molar-refractivity contribution in [1.82, 2.24) is 4.90 Å². The van der Waals surface area contributed by atoms with E-state index in [-0.39, 0.29) is 0 Å². The van der Waals surface area contributed by atoms with E-state index in [1.807, 2.05) is 11.9 Å². The molecule has 1 nitrogen and oxygen atoms in total. The summed E-state index contributed by atoms with van der Waals surface area (Å²) < 4.78 is 0. The Hall–Kier alpha value is -3.28. The van der Waals surface area contributed by atoms with Gasteiger partial charge in [-0.05, 0) is 54.8 Å². The average molecular weight is 283 g/mol. The predicted molar refractivity (Wildman–Crippen MR) is 92.2 cm³/mol. The number of hydrogen-bond donors (Lipinski definition) is 0. The van der Waals surface area contributed by atoms with Crippen LogP contribution in [0.4, 0.5) is 0 Å². The molecule has 0 aromatic carbocycles. The first-order chi connectivity index (χ1) is 10.7. The molecule has 0 aliphatic carbocycles. The van der Waals surface area contributed by atoms with E-state index in [9.17, 15) is 0 Å². The molecule has 0 N–H and O–H groups in total. The van der Waals surface area contributed by atoms with Gasteiger partial charge in [-0.25, -0.2) is 0 Å². The van der Waals surface area contributed by atoms with Gasteiger partial charge in [0.05, 0.1) is 0 Å². The van der Waals surface area contributed by atoms with Crippen molar-refractivity contribution >= 4 is 0 Å². The fourth-order valence-corrected chi connectivity index (χ4v) is 1.01. The van der Waals surface area contributed by atoms with Gasteiger partial charge in [0.25, 0.3) is 0 Å². The average Bonchev–Trinajstić information content (AvgIpc) is 2.49. The van der Waals surface area contributed by atoms with E-state index in [4.69, 9.17) is 0 Å². The SMILES string of the molecule is CC#CC#CC#CC#CC#CC#CC#CN(C)CCC(C)C. The lowest BCUT2D eigenvalue weighted by Crippen LogP contribution is -2.14. The smallest absolute Gasteiger partial charge is 0.0260 e. The summed E-state index contributed by atoms with van der Waals surface area (Å²) in [4.78, 5) is 1.93. The Morgan fingerprint density at radius 2 is 1.09 bits per heavy atom. The van der Waals surface area contributed by atoms with E-state index in [0.29, 0.717) is 5.92 Å². The van der Waals surface area contributed by atoms with Gasteiger partial charge in [0.2, 0.25) is 0 Å². The Bertz CT molecular complexity index is 777. The molecule has 0 atom stereocenters. The van der Waals surface area contributed by atoms with E-state index >= 15 is 0 Å². The summed E-state index contributed by atoms with van der Waals surface area (Å²) in [6.45, 7) is 7.03. The van der Waals surface area contributed by atoms with Gasteiger partial charge in [0, 0.05) is 55.2 Å². The largest absolute Gasteiger partial charge is 0.335 e. The quantitative estimate of drug-likeness (QED) is 0.565. The monoisotopic (exact) mass is 283 g/mol. The number of rotatable bonds is 3. The molecule has 0 aliphatic heterocycles. The normalized spacial score (nSPS) is 6.23. The highest BCUT2D eigenvalue weighted by atomic mass is 15.1. The third-order valence-corrected chi connectivity index (χ3v) is 2.10. The molecule has 0 rings (SSSR count). The van der Waals surface area contributed by atoms with E-state index in [0.717, 1.165) is 13.0 Å². The first kappa shape index (κ1) is 18.7. The van der Waals surface area contributed by atoms with Gasteiger partial charge >= 0.3 is 0 Å². The van der Waals surface area contributed by atoms with Crippen molar-refractivity contribution in [1.29, 1.82) is 0 Å². The van der Waals surface area contributed by atoms with E-state index in [2.05, 4.69) is 96.9 Å². The van der Waals surface area contributed by atoms with Crippen LogP contribution in [0, 0.1) is 88.9 Å². The maximum atomic E-state index is 2.93. The molecule has 0 radical (unpaired) electrons. The third kappa shape index (κ3) is 14.8. The zero-order chi connectivity index (χ0) is 16.5. The fourth-order valence-electron chi connectivity index (χ4n) is 1.01. The molecule has 0 heterocycles. The molecule has 0 aromatic rings. The molecule has 0 spiro atoms. The van der Waals surface area contributed by atoms with E-state index < -0.39 is 0 Å². The molecule has 0 fully saturated rings. The minimum Gasteiger partial charge on any atom is -0.335 e. The van der Waals surface area contributed by atoms with Crippen LogP contribution in [0.25, 0.3) is 0 Å². The van der Waals surface area contributed by atoms with Crippen LogP contribution in [-0.4, -0.2) is 18.5 Å². The second-order valence-electron chi connectivity index (χ2n) is 4.47. The third-order valence-electron chi connectivity index (χ3n) is 2.10. The van der Waals surface area contributed by atoms with Crippen molar-refractivity contribution in [3.8, 4) is 83.0 Å². The Balaban J connectivity index is 4.24. The molecule has 0 amide bonds. The second-order valence-corrected chi connectivity index (χ2v) is 4.47. The summed E-state index contributed by atoms with van der Waals surface area (Å²) in [5.74, 6) is 34.4. The van der Waals surface area contributed by atoms with Gasteiger partial charge in [-0.15, -0.1) is 0 Å². The van der Waals surface area contributed by atoms with Gasteiger partial charge in [0.15, 0.2) is 0 Å². The van der Waals surface area contributed by atoms with Crippen molar-refractivity contribution in [2.45, 2.75) is 27.2 Å². The van der Waals surface area contributed by atoms with Gasteiger partial charge in [-0.1, -0.05) is 19.8 Å². The van der Waals surface area contributed by atoms with Crippen molar-refractivity contribution in [2.24, 2.45) is 5.92 Å². The summed E-state index contributed by atoms with van der Waals surface area (Å²) in [6, 6.07) is 2.93. The van der Waals surface area contributed by atoms with Crippen molar-refractivity contribution in [3.05, 3.63) is 0 Å². The minimum atomic E-state index is 0.674. The van der Waals surface area contributed by atoms with Crippen LogP contribution in [0.15, 0.2) is 0 Å². The van der Waals surface area contributed by atoms with Crippen LogP contribution in [0.1, 0.15) is 27.2 Å². The Kier molecular flexibility index (Phi) is 12.0. The second kappa shape index (κ2) is 14.1. The highest BCUT2D eigenvalue weighted by molar-refractivity contribution is 5.45. The molecule has 0 bridgehead atoms. The van der Waals surface area contributed by atoms with Crippen molar-refractivity contribution in [2.75, 3.05) is 13.6 Å². The summed E-state index contributed by atoms with van der Waals surface area (Å²) in [5, 5.41) is 0. The number of nitrogens with zero attached hydrogens (tertiary/aromatic N) is 1. The summed E-state index contributed by atoms with van der Waals surface area (Å²) in [5.41, 5.74) is 0. The number of hydrogen-bond acceptors (Lipinski definition) is 1. The lowest BCUT2D eigenvalue weighted by Gasteiger charge is -2.11. The van der Waals surface area contributed by atoms with Gasteiger partial charge < -0.3 is 4.90 Å². The molecular formula is C21H17N. The van der Waals surface area contributed by atoms with Gasteiger partial charge in [-0.3, -0.25) is 0 Å². The topological polar surface area (TPSA) is 3.24 Å².